The van der Waals surface area contributed by atoms with Gasteiger partial charge in [0, 0.05) is 19.3 Å². The zero-order valence-electron chi connectivity index (χ0n) is 17.1. The van der Waals surface area contributed by atoms with Crippen molar-refractivity contribution in [1.29, 1.82) is 0 Å². The van der Waals surface area contributed by atoms with E-state index in [1.807, 2.05) is 39.0 Å². The van der Waals surface area contributed by atoms with Crippen molar-refractivity contribution in [3.63, 3.8) is 0 Å². The van der Waals surface area contributed by atoms with Crippen molar-refractivity contribution >= 4 is 21.6 Å². The number of benzene rings is 2. The SMILES string of the molecule is CCOc1ccc(S(=O)(=O)N(CC)CC(=O)N(C)c2ccc(C)c(C)c2)cc1. The molecule has 0 saturated heterocycles. The number of hydrogen-bond donors (Lipinski definition) is 0. The van der Waals surface area contributed by atoms with Gasteiger partial charge in [-0.25, -0.2) is 8.42 Å². The van der Waals surface area contributed by atoms with Crippen LogP contribution in [0.15, 0.2) is 47.4 Å². The average Bonchev–Trinajstić information content (AvgIpc) is 2.68. The highest BCUT2D eigenvalue weighted by Crippen LogP contribution is 2.21. The maximum Gasteiger partial charge on any atom is 0.243 e. The smallest absolute Gasteiger partial charge is 0.243 e. The summed E-state index contributed by atoms with van der Waals surface area (Å²) in [5, 5.41) is 0. The van der Waals surface area contributed by atoms with E-state index in [1.54, 1.807) is 26.1 Å². The van der Waals surface area contributed by atoms with Gasteiger partial charge in [0.25, 0.3) is 0 Å². The predicted molar refractivity (Wildman–Crippen MR) is 111 cm³/mol. The van der Waals surface area contributed by atoms with E-state index < -0.39 is 10.0 Å². The van der Waals surface area contributed by atoms with Gasteiger partial charge in [0.05, 0.1) is 18.0 Å². The van der Waals surface area contributed by atoms with Crippen LogP contribution in [0, 0.1) is 13.8 Å². The van der Waals surface area contributed by atoms with Crippen molar-refractivity contribution < 1.29 is 17.9 Å². The third-order valence-corrected chi connectivity index (χ3v) is 6.62. The molecule has 0 aliphatic carbocycles. The van der Waals surface area contributed by atoms with Crippen molar-refractivity contribution in [3.8, 4) is 5.75 Å². The van der Waals surface area contributed by atoms with Gasteiger partial charge in [-0.05, 0) is 68.3 Å². The monoisotopic (exact) mass is 404 g/mol. The highest BCUT2D eigenvalue weighted by atomic mass is 32.2. The Morgan fingerprint density at radius 1 is 1.00 bits per heavy atom. The summed E-state index contributed by atoms with van der Waals surface area (Å²) in [6.07, 6.45) is 0. The Bertz CT molecular complexity index is 924. The number of aryl methyl sites for hydroxylation is 2. The van der Waals surface area contributed by atoms with Crippen molar-refractivity contribution in [2.24, 2.45) is 0 Å². The second kappa shape index (κ2) is 9.21. The topological polar surface area (TPSA) is 66.9 Å². The van der Waals surface area contributed by atoms with Gasteiger partial charge < -0.3 is 9.64 Å². The van der Waals surface area contributed by atoms with E-state index in [0.29, 0.717) is 12.4 Å². The summed E-state index contributed by atoms with van der Waals surface area (Å²) in [6.45, 7) is 8.04. The fourth-order valence-corrected chi connectivity index (χ4v) is 4.12. The van der Waals surface area contributed by atoms with E-state index in [9.17, 15) is 13.2 Å². The summed E-state index contributed by atoms with van der Waals surface area (Å²) in [6, 6.07) is 12.0. The number of nitrogens with zero attached hydrogens (tertiary/aromatic N) is 2. The van der Waals surface area contributed by atoms with Gasteiger partial charge in [0.15, 0.2) is 0 Å². The molecule has 152 valence electrons. The first-order chi connectivity index (χ1) is 13.2. The van der Waals surface area contributed by atoms with Gasteiger partial charge in [-0.2, -0.15) is 4.31 Å². The summed E-state index contributed by atoms with van der Waals surface area (Å²) in [4.78, 5) is 14.4. The Balaban J connectivity index is 2.19. The molecule has 0 bridgehead atoms. The molecular formula is C21H28N2O4S. The molecule has 0 atom stereocenters. The van der Waals surface area contributed by atoms with Gasteiger partial charge in [-0.15, -0.1) is 0 Å². The van der Waals surface area contributed by atoms with Crippen LogP contribution < -0.4 is 9.64 Å². The molecule has 0 saturated carbocycles. The third kappa shape index (κ3) is 4.91. The molecule has 0 radical (unpaired) electrons. The molecular weight excluding hydrogens is 376 g/mol. The van der Waals surface area contributed by atoms with Gasteiger partial charge in [-0.1, -0.05) is 13.0 Å². The second-order valence-corrected chi connectivity index (χ2v) is 8.49. The predicted octanol–water partition coefficient (Wildman–Crippen LogP) is 3.38. The van der Waals surface area contributed by atoms with Gasteiger partial charge >= 0.3 is 0 Å². The summed E-state index contributed by atoms with van der Waals surface area (Å²) < 4.78 is 32.4. The molecule has 0 spiro atoms. The van der Waals surface area contributed by atoms with Gasteiger partial charge in [0.1, 0.15) is 5.75 Å². The average molecular weight is 405 g/mol. The lowest BCUT2D eigenvalue weighted by Crippen LogP contribution is -2.41. The lowest BCUT2D eigenvalue weighted by molar-refractivity contribution is -0.118. The van der Waals surface area contributed by atoms with Crippen molar-refractivity contribution in [2.45, 2.75) is 32.6 Å². The number of carbonyl (C=O) groups is 1. The minimum absolute atomic E-state index is 0.138. The Labute approximate surface area is 167 Å². The van der Waals surface area contributed by atoms with E-state index in [4.69, 9.17) is 4.74 Å². The molecule has 0 aromatic heterocycles. The van der Waals surface area contributed by atoms with Gasteiger partial charge in [0.2, 0.25) is 15.9 Å². The zero-order valence-corrected chi connectivity index (χ0v) is 17.9. The molecule has 0 aliphatic heterocycles. The highest BCUT2D eigenvalue weighted by Gasteiger charge is 2.27. The Hall–Kier alpha value is -2.38. The van der Waals surface area contributed by atoms with Crippen LogP contribution in [0.25, 0.3) is 0 Å². The lowest BCUT2D eigenvalue weighted by Gasteiger charge is -2.24. The Morgan fingerprint density at radius 2 is 1.64 bits per heavy atom. The van der Waals surface area contributed by atoms with Crippen LogP contribution in [0.5, 0.6) is 5.75 Å². The number of rotatable bonds is 8. The Morgan fingerprint density at radius 3 is 2.18 bits per heavy atom. The molecule has 2 aromatic carbocycles. The first-order valence-corrected chi connectivity index (χ1v) is 10.7. The summed E-state index contributed by atoms with van der Waals surface area (Å²) in [5.74, 6) is 0.315. The van der Waals surface area contributed by atoms with Gasteiger partial charge in [-0.3, -0.25) is 4.79 Å². The second-order valence-electron chi connectivity index (χ2n) is 6.56. The van der Waals surface area contributed by atoms with Crippen LogP contribution in [0.2, 0.25) is 0 Å². The standard InChI is InChI=1S/C21H28N2O4S/c1-6-23(28(25,26)20-12-10-19(11-13-20)27-7-2)15-21(24)22(5)18-9-8-16(3)17(4)14-18/h8-14H,6-7,15H2,1-5H3. The molecule has 0 heterocycles. The van der Waals surface area contributed by atoms with Crippen LogP contribution in [0.4, 0.5) is 5.69 Å². The largest absolute Gasteiger partial charge is 0.494 e. The molecule has 28 heavy (non-hydrogen) atoms. The maximum atomic E-state index is 12.9. The summed E-state index contributed by atoms with van der Waals surface area (Å²) in [5.41, 5.74) is 2.95. The number of ether oxygens (including phenoxy) is 1. The summed E-state index contributed by atoms with van der Waals surface area (Å²) in [7, 11) is -2.12. The number of sulfonamides is 1. The van der Waals surface area contributed by atoms with Crippen molar-refractivity contribution in [1.82, 2.24) is 4.31 Å². The van der Waals surface area contributed by atoms with E-state index in [-0.39, 0.29) is 23.9 Å². The van der Waals surface area contributed by atoms with Crippen LogP contribution in [-0.2, 0) is 14.8 Å². The molecule has 0 aliphatic rings. The molecule has 2 aromatic rings. The van der Waals surface area contributed by atoms with Crippen LogP contribution >= 0.6 is 0 Å². The number of anilines is 1. The van der Waals surface area contributed by atoms with E-state index in [1.165, 1.54) is 21.3 Å². The fourth-order valence-electron chi connectivity index (χ4n) is 2.73. The van der Waals surface area contributed by atoms with E-state index in [0.717, 1.165) is 16.8 Å². The van der Waals surface area contributed by atoms with Crippen LogP contribution in [0.1, 0.15) is 25.0 Å². The van der Waals surface area contributed by atoms with Crippen LogP contribution in [-0.4, -0.2) is 45.4 Å². The van der Waals surface area contributed by atoms with Crippen molar-refractivity contribution in [3.05, 3.63) is 53.6 Å². The number of carbonyl (C=O) groups excluding carboxylic acids is 1. The minimum Gasteiger partial charge on any atom is -0.494 e. The lowest BCUT2D eigenvalue weighted by atomic mass is 10.1. The minimum atomic E-state index is -3.78. The molecule has 7 heteroatoms. The fraction of sp³-hybridized carbons (Fsp3) is 0.381. The molecule has 1 amide bonds. The highest BCUT2D eigenvalue weighted by molar-refractivity contribution is 7.89. The normalized spacial score (nSPS) is 11.5. The molecule has 0 N–H and O–H groups in total. The maximum absolute atomic E-state index is 12.9. The third-order valence-electron chi connectivity index (χ3n) is 4.69. The zero-order chi connectivity index (χ0) is 20.9. The Kier molecular flexibility index (Phi) is 7.21. The first-order valence-electron chi connectivity index (χ1n) is 9.27. The van der Waals surface area contributed by atoms with E-state index in [2.05, 4.69) is 0 Å². The summed E-state index contributed by atoms with van der Waals surface area (Å²) >= 11 is 0. The molecule has 6 nitrogen and oxygen atoms in total. The van der Waals surface area contributed by atoms with Crippen LogP contribution in [0.3, 0.4) is 0 Å². The quantitative estimate of drug-likeness (QED) is 0.677. The number of likely N-dealkylation sites (N-methyl/N-ethyl adjacent to an activating group) is 2. The van der Waals surface area contributed by atoms with Crippen molar-refractivity contribution in [2.75, 3.05) is 31.6 Å². The number of hydrogen-bond acceptors (Lipinski definition) is 4. The number of amides is 1. The van der Waals surface area contributed by atoms with E-state index >= 15 is 0 Å². The molecule has 2 rings (SSSR count). The molecule has 0 fully saturated rings. The molecule has 0 unspecified atom stereocenters. The first kappa shape index (κ1) is 21.9.